The average molecular weight is 306 g/mol. The minimum Gasteiger partial charge on any atom is -0.366 e. The van der Waals surface area contributed by atoms with Gasteiger partial charge < -0.3 is 10.6 Å². The predicted molar refractivity (Wildman–Crippen MR) is 86.8 cm³/mol. The van der Waals surface area contributed by atoms with Gasteiger partial charge in [-0.15, -0.1) is 5.10 Å². The van der Waals surface area contributed by atoms with Crippen LogP contribution < -0.4 is 10.6 Å². The predicted octanol–water partition coefficient (Wildman–Crippen LogP) is 3.39. The topological polar surface area (TPSA) is 62.7 Å². The maximum Gasteiger partial charge on any atom is 0.244 e. The Hall–Kier alpha value is -1.88. The molecule has 0 fully saturated rings. The highest BCUT2D eigenvalue weighted by molar-refractivity contribution is 6.30. The molecule has 0 aliphatic heterocycles. The molecule has 0 radical (unpaired) electrons. The number of nitrogens with zero attached hydrogens (tertiary/aromatic N) is 3. The van der Waals surface area contributed by atoms with Crippen molar-refractivity contribution in [3.63, 3.8) is 0 Å². The van der Waals surface area contributed by atoms with Gasteiger partial charge in [0.2, 0.25) is 5.95 Å². The molecule has 2 rings (SSSR count). The van der Waals surface area contributed by atoms with Crippen molar-refractivity contribution in [3.8, 4) is 0 Å². The van der Waals surface area contributed by atoms with E-state index in [2.05, 4.69) is 39.7 Å². The van der Waals surface area contributed by atoms with Gasteiger partial charge in [-0.05, 0) is 37.5 Å². The van der Waals surface area contributed by atoms with Crippen LogP contribution in [0.1, 0.15) is 25.8 Å². The molecule has 1 heterocycles. The van der Waals surface area contributed by atoms with Crippen LogP contribution in [0.2, 0.25) is 5.02 Å². The van der Waals surface area contributed by atoms with Crippen molar-refractivity contribution in [3.05, 3.63) is 41.0 Å². The van der Waals surface area contributed by atoms with Gasteiger partial charge in [0.1, 0.15) is 0 Å². The molecule has 2 aromatic rings. The van der Waals surface area contributed by atoms with Crippen molar-refractivity contribution >= 4 is 23.4 Å². The minimum atomic E-state index is 0.364. The Kier molecular flexibility index (Phi) is 5.75. The van der Waals surface area contributed by atoms with E-state index in [0.29, 0.717) is 12.0 Å². The zero-order chi connectivity index (χ0) is 15.1. The number of benzene rings is 1. The van der Waals surface area contributed by atoms with Crippen LogP contribution in [-0.2, 0) is 6.42 Å². The van der Waals surface area contributed by atoms with E-state index in [0.717, 1.165) is 30.2 Å². The fourth-order valence-electron chi connectivity index (χ4n) is 1.77. The molecule has 0 saturated heterocycles. The lowest BCUT2D eigenvalue weighted by Gasteiger charge is -2.12. The number of anilines is 2. The fraction of sp³-hybridized carbons (Fsp3) is 0.400. The van der Waals surface area contributed by atoms with Crippen molar-refractivity contribution in [2.45, 2.75) is 32.7 Å². The molecule has 0 amide bonds. The average Bonchev–Trinajstić information content (AvgIpc) is 2.49. The number of nitrogens with one attached hydrogen (secondary N) is 2. The van der Waals surface area contributed by atoms with E-state index < -0.39 is 0 Å². The van der Waals surface area contributed by atoms with E-state index >= 15 is 0 Å². The van der Waals surface area contributed by atoms with Gasteiger partial charge in [-0.3, -0.25) is 0 Å². The Morgan fingerprint density at radius 3 is 2.71 bits per heavy atom. The molecule has 0 saturated carbocycles. The maximum atomic E-state index is 5.86. The van der Waals surface area contributed by atoms with Gasteiger partial charge in [-0.1, -0.05) is 30.7 Å². The number of hydrogen-bond acceptors (Lipinski definition) is 5. The number of halogens is 1. The molecule has 5 nitrogen and oxygen atoms in total. The first-order valence-corrected chi connectivity index (χ1v) is 7.49. The molecule has 0 aliphatic rings. The smallest absolute Gasteiger partial charge is 0.244 e. The van der Waals surface area contributed by atoms with E-state index in [4.69, 9.17) is 11.6 Å². The Morgan fingerprint density at radius 2 is 2.00 bits per heavy atom. The Bertz CT molecular complexity index is 558. The van der Waals surface area contributed by atoms with Crippen LogP contribution in [0.3, 0.4) is 0 Å². The second-order valence-corrected chi connectivity index (χ2v) is 5.36. The molecule has 1 unspecified atom stereocenters. The van der Waals surface area contributed by atoms with E-state index in [1.165, 1.54) is 5.56 Å². The Balaban J connectivity index is 1.85. The third kappa shape index (κ3) is 5.19. The van der Waals surface area contributed by atoms with Crippen molar-refractivity contribution in [2.75, 3.05) is 17.2 Å². The van der Waals surface area contributed by atoms with Crippen molar-refractivity contribution in [1.82, 2.24) is 15.2 Å². The molecular formula is C15H20ClN5. The molecule has 21 heavy (non-hydrogen) atoms. The molecule has 0 aliphatic carbocycles. The molecule has 1 atom stereocenters. The van der Waals surface area contributed by atoms with Gasteiger partial charge in [-0.2, -0.15) is 10.1 Å². The summed E-state index contributed by atoms with van der Waals surface area (Å²) in [5.74, 6) is 1.28. The summed E-state index contributed by atoms with van der Waals surface area (Å²) in [5, 5.41) is 15.2. The van der Waals surface area contributed by atoms with Crippen molar-refractivity contribution < 1.29 is 0 Å². The van der Waals surface area contributed by atoms with Gasteiger partial charge in [0.25, 0.3) is 0 Å². The largest absolute Gasteiger partial charge is 0.366 e. The first-order chi connectivity index (χ1) is 10.2. The number of hydrogen-bond donors (Lipinski definition) is 2. The van der Waals surface area contributed by atoms with Crippen LogP contribution in [-0.4, -0.2) is 27.8 Å². The number of aromatic nitrogens is 3. The molecule has 112 valence electrons. The molecule has 6 heteroatoms. The van der Waals surface area contributed by atoms with Gasteiger partial charge >= 0.3 is 0 Å². The highest BCUT2D eigenvalue weighted by Crippen LogP contribution is 2.10. The van der Waals surface area contributed by atoms with Gasteiger partial charge in [0.05, 0.1) is 6.20 Å². The molecule has 1 aromatic carbocycles. The summed E-state index contributed by atoms with van der Waals surface area (Å²) in [6.07, 6.45) is 3.55. The van der Waals surface area contributed by atoms with Gasteiger partial charge in [-0.25, -0.2) is 0 Å². The van der Waals surface area contributed by atoms with Crippen LogP contribution in [0.4, 0.5) is 11.8 Å². The fourth-order valence-corrected chi connectivity index (χ4v) is 1.90. The molecule has 1 aromatic heterocycles. The third-order valence-electron chi connectivity index (χ3n) is 3.18. The van der Waals surface area contributed by atoms with Crippen molar-refractivity contribution in [2.24, 2.45) is 0 Å². The Labute approximate surface area is 130 Å². The lowest BCUT2D eigenvalue weighted by atomic mass is 10.1. The summed E-state index contributed by atoms with van der Waals surface area (Å²) < 4.78 is 0. The minimum absolute atomic E-state index is 0.364. The zero-order valence-corrected chi connectivity index (χ0v) is 13.1. The summed E-state index contributed by atoms with van der Waals surface area (Å²) in [6.45, 7) is 4.98. The van der Waals surface area contributed by atoms with E-state index in [9.17, 15) is 0 Å². The first-order valence-electron chi connectivity index (χ1n) is 7.12. The zero-order valence-electron chi connectivity index (χ0n) is 12.3. The van der Waals surface area contributed by atoms with Crippen LogP contribution in [0.5, 0.6) is 0 Å². The highest BCUT2D eigenvalue weighted by Gasteiger charge is 2.03. The lowest BCUT2D eigenvalue weighted by Crippen LogP contribution is -2.16. The third-order valence-corrected chi connectivity index (χ3v) is 3.43. The normalized spacial score (nSPS) is 12.0. The summed E-state index contributed by atoms with van der Waals surface area (Å²) in [7, 11) is 0. The molecule has 2 N–H and O–H groups in total. The molecule has 0 bridgehead atoms. The van der Waals surface area contributed by atoms with Crippen LogP contribution >= 0.6 is 11.6 Å². The molecular weight excluding hydrogens is 286 g/mol. The SMILES string of the molecule is CCC(C)Nc1cnnc(NCCc2ccc(Cl)cc2)n1. The summed E-state index contributed by atoms with van der Waals surface area (Å²) in [6, 6.07) is 8.19. The van der Waals surface area contributed by atoms with E-state index in [-0.39, 0.29) is 0 Å². The van der Waals surface area contributed by atoms with E-state index in [1.807, 2.05) is 24.3 Å². The lowest BCUT2D eigenvalue weighted by molar-refractivity contribution is 0.755. The van der Waals surface area contributed by atoms with Gasteiger partial charge in [0.15, 0.2) is 5.82 Å². The van der Waals surface area contributed by atoms with Crippen LogP contribution in [0, 0.1) is 0 Å². The quantitative estimate of drug-likeness (QED) is 0.821. The van der Waals surface area contributed by atoms with Crippen LogP contribution in [0.25, 0.3) is 0 Å². The second-order valence-electron chi connectivity index (χ2n) is 4.92. The highest BCUT2D eigenvalue weighted by atomic mass is 35.5. The maximum absolute atomic E-state index is 5.86. The first kappa shape index (κ1) is 15.5. The van der Waals surface area contributed by atoms with Gasteiger partial charge in [0, 0.05) is 17.6 Å². The Morgan fingerprint density at radius 1 is 1.24 bits per heavy atom. The summed E-state index contributed by atoms with van der Waals surface area (Å²) in [4.78, 5) is 4.39. The summed E-state index contributed by atoms with van der Waals surface area (Å²) >= 11 is 5.86. The standard InChI is InChI=1S/C15H20ClN5/c1-3-11(2)19-14-10-18-21-15(20-14)17-9-8-12-4-6-13(16)7-5-12/h4-7,10-11H,3,8-9H2,1-2H3,(H2,17,19,20,21). The molecule has 0 spiro atoms. The van der Waals surface area contributed by atoms with Crippen molar-refractivity contribution in [1.29, 1.82) is 0 Å². The van der Waals surface area contributed by atoms with Crippen LogP contribution in [0.15, 0.2) is 30.5 Å². The number of rotatable bonds is 7. The second kappa shape index (κ2) is 7.78. The monoisotopic (exact) mass is 305 g/mol. The van der Waals surface area contributed by atoms with E-state index in [1.54, 1.807) is 6.20 Å². The summed E-state index contributed by atoms with van der Waals surface area (Å²) in [5.41, 5.74) is 1.22.